The lowest BCUT2D eigenvalue weighted by molar-refractivity contribution is -0.142. The summed E-state index contributed by atoms with van der Waals surface area (Å²) in [6.45, 7) is 13.3. The molecule has 30 heavy (non-hydrogen) atoms. The number of allylic oxidation sites excluding steroid dienone is 4. The van der Waals surface area contributed by atoms with Gasteiger partial charge in [-0.3, -0.25) is 14.4 Å². The maximum atomic E-state index is 11.8. The molecule has 0 fully saturated rings. The molecule has 0 saturated heterocycles. The van der Waals surface area contributed by atoms with Crippen LogP contribution in [0.5, 0.6) is 0 Å². The molecule has 0 aromatic carbocycles. The van der Waals surface area contributed by atoms with Gasteiger partial charge in [-0.15, -0.1) is 0 Å². The number of hydrogen-bond acceptors (Lipinski definition) is 5. The first kappa shape index (κ1) is 27.5. The molecule has 0 radical (unpaired) electrons. The van der Waals surface area contributed by atoms with E-state index in [2.05, 4.69) is 50.8 Å². The summed E-state index contributed by atoms with van der Waals surface area (Å²) in [4.78, 5) is 34.9. The molecule has 0 atom stereocenters. The van der Waals surface area contributed by atoms with E-state index in [1.54, 1.807) is 24.3 Å². The number of ether oxygens (including phenoxy) is 1. The van der Waals surface area contributed by atoms with Crippen LogP contribution in [0, 0.1) is 0 Å². The van der Waals surface area contributed by atoms with E-state index in [1.807, 2.05) is 23.9 Å². The molecule has 0 aliphatic heterocycles. The van der Waals surface area contributed by atoms with Crippen molar-refractivity contribution in [3.05, 3.63) is 60.8 Å². The first-order valence-corrected chi connectivity index (χ1v) is 10.9. The van der Waals surface area contributed by atoms with Gasteiger partial charge >= 0.3 is 5.97 Å². The number of thioether (sulfide) groups is 1. The van der Waals surface area contributed by atoms with Crippen LogP contribution >= 0.6 is 11.8 Å². The average molecular weight is 435 g/mol. The number of rotatable bonds is 9. The van der Waals surface area contributed by atoms with Crippen LogP contribution in [-0.2, 0) is 19.1 Å². The zero-order valence-electron chi connectivity index (χ0n) is 18.5. The van der Waals surface area contributed by atoms with Crippen molar-refractivity contribution in [1.82, 2.24) is 10.6 Å². The van der Waals surface area contributed by atoms with Crippen LogP contribution in [-0.4, -0.2) is 48.5 Å². The molecular formula is C23H34N2O4S. The van der Waals surface area contributed by atoms with Gasteiger partial charge in [0.25, 0.3) is 5.91 Å². The normalized spacial score (nSPS) is 13.2. The molecule has 0 saturated carbocycles. The van der Waals surface area contributed by atoms with Crippen LogP contribution in [0.3, 0.4) is 0 Å². The maximum Gasteiger partial charge on any atom is 0.325 e. The molecule has 1 aliphatic carbocycles. The zero-order chi connectivity index (χ0) is 23.0. The van der Waals surface area contributed by atoms with E-state index in [-0.39, 0.29) is 25.6 Å². The highest BCUT2D eigenvalue weighted by Gasteiger charge is 2.11. The summed E-state index contributed by atoms with van der Waals surface area (Å²) < 4.78 is 5.43. The van der Waals surface area contributed by atoms with Gasteiger partial charge in [0.05, 0.1) is 6.54 Å². The molecule has 2 amide bonds. The van der Waals surface area contributed by atoms with Gasteiger partial charge in [-0.2, -0.15) is 11.8 Å². The van der Waals surface area contributed by atoms with E-state index in [0.29, 0.717) is 15.9 Å². The van der Waals surface area contributed by atoms with Crippen LogP contribution in [0.15, 0.2) is 60.8 Å². The number of nitrogens with one attached hydrogen (secondary N) is 2. The van der Waals surface area contributed by atoms with Crippen LogP contribution in [0.1, 0.15) is 33.6 Å². The van der Waals surface area contributed by atoms with Gasteiger partial charge in [0, 0.05) is 10.3 Å². The van der Waals surface area contributed by atoms with Crippen molar-refractivity contribution in [3.63, 3.8) is 0 Å². The fourth-order valence-electron chi connectivity index (χ4n) is 1.82. The fraction of sp³-hybridized carbons (Fsp3) is 0.435. The first-order valence-electron chi connectivity index (χ1n) is 9.69. The molecule has 6 nitrogen and oxygen atoms in total. The van der Waals surface area contributed by atoms with Gasteiger partial charge in [0.1, 0.15) is 13.2 Å². The summed E-state index contributed by atoms with van der Waals surface area (Å²) in [5.41, 5.74) is 1.24. The first-order chi connectivity index (χ1) is 14.1. The van der Waals surface area contributed by atoms with Gasteiger partial charge in [-0.1, -0.05) is 70.4 Å². The lowest BCUT2D eigenvalue weighted by Gasteiger charge is -2.12. The van der Waals surface area contributed by atoms with Crippen LogP contribution < -0.4 is 10.6 Å². The van der Waals surface area contributed by atoms with Gasteiger partial charge in [-0.05, 0) is 24.7 Å². The maximum absolute atomic E-state index is 11.8. The minimum absolute atomic E-state index is 0.0570. The Hall–Kier alpha value is -2.54. The lowest BCUT2D eigenvalue weighted by Crippen LogP contribution is -2.39. The minimum Gasteiger partial charge on any atom is -0.460 e. The number of carbonyl (C=O) groups is 3. The van der Waals surface area contributed by atoms with Gasteiger partial charge in [0.15, 0.2) is 0 Å². The van der Waals surface area contributed by atoms with E-state index in [1.165, 1.54) is 0 Å². The SMILES string of the molecule is C=C/C=C(\C=C)COC(=O)CNC(=O)CNC(=O)C1=CCCC=C1.CSC(C)(C)C. The second-order valence-corrected chi connectivity index (χ2v) is 8.89. The van der Waals surface area contributed by atoms with Gasteiger partial charge in [-0.25, -0.2) is 0 Å². The Labute approximate surface area is 184 Å². The van der Waals surface area contributed by atoms with E-state index in [0.717, 1.165) is 12.8 Å². The largest absolute Gasteiger partial charge is 0.460 e. The molecule has 0 aromatic rings. The number of carbonyl (C=O) groups excluding carboxylic acids is 3. The Morgan fingerprint density at radius 2 is 1.83 bits per heavy atom. The Morgan fingerprint density at radius 3 is 2.33 bits per heavy atom. The number of hydrogen-bond donors (Lipinski definition) is 2. The Bertz CT molecular complexity index is 700. The van der Waals surface area contributed by atoms with Crippen LogP contribution in [0.25, 0.3) is 0 Å². The van der Waals surface area contributed by atoms with Crippen molar-refractivity contribution in [2.24, 2.45) is 0 Å². The Kier molecular flexibility index (Phi) is 14.0. The van der Waals surface area contributed by atoms with E-state index in [9.17, 15) is 14.4 Å². The lowest BCUT2D eigenvalue weighted by atomic mass is 10.1. The second kappa shape index (κ2) is 15.3. The van der Waals surface area contributed by atoms with E-state index in [4.69, 9.17) is 4.74 Å². The highest BCUT2D eigenvalue weighted by atomic mass is 32.2. The average Bonchev–Trinajstić information content (AvgIpc) is 2.73. The standard InChI is InChI=1S/C18H22N2O4.C5H12S/c1-3-8-14(4-2)13-24-17(22)12-19-16(21)11-20-18(23)15-9-6-5-7-10-15;1-5(2,3)6-4/h3-4,6,8-10H,1-2,5,7,11-13H2,(H,19,21)(H,20,23);1-4H3/b14-8+;. The predicted octanol–water partition coefficient (Wildman–Crippen LogP) is 3.48. The Balaban J connectivity index is 0.00000122. The smallest absolute Gasteiger partial charge is 0.325 e. The quantitative estimate of drug-likeness (QED) is 0.429. The summed E-state index contributed by atoms with van der Waals surface area (Å²) in [5, 5.41) is 4.88. The van der Waals surface area contributed by atoms with E-state index >= 15 is 0 Å². The van der Waals surface area contributed by atoms with Crippen molar-refractivity contribution >= 4 is 29.5 Å². The molecule has 2 N–H and O–H groups in total. The molecule has 0 heterocycles. The molecule has 0 bridgehead atoms. The molecule has 1 rings (SSSR count). The molecule has 0 aromatic heterocycles. The van der Waals surface area contributed by atoms with Gasteiger partial charge < -0.3 is 15.4 Å². The topological polar surface area (TPSA) is 84.5 Å². The zero-order valence-corrected chi connectivity index (χ0v) is 19.3. The molecule has 1 aliphatic rings. The van der Waals surface area contributed by atoms with Crippen molar-refractivity contribution < 1.29 is 19.1 Å². The monoisotopic (exact) mass is 434 g/mol. The van der Waals surface area contributed by atoms with Crippen molar-refractivity contribution in [2.45, 2.75) is 38.4 Å². The summed E-state index contributed by atoms with van der Waals surface area (Å²) in [6.07, 6.45) is 14.1. The molecule has 7 heteroatoms. The molecule has 0 unspecified atom stereocenters. The number of amides is 2. The third kappa shape index (κ3) is 14.5. The summed E-state index contributed by atoms with van der Waals surface area (Å²) in [6, 6.07) is 0. The molecule has 166 valence electrons. The minimum atomic E-state index is -0.579. The third-order valence-corrected chi connectivity index (χ3v) is 4.93. The van der Waals surface area contributed by atoms with Crippen molar-refractivity contribution in [1.29, 1.82) is 0 Å². The summed E-state index contributed by atoms with van der Waals surface area (Å²) in [7, 11) is 0. The van der Waals surface area contributed by atoms with Crippen molar-refractivity contribution in [3.8, 4) is 0 Å². The third-order valence-electron chi connectivity index (χ3n) is 3.70. The predicted molar refractivity (Wildman–Crippen MR) is 125 cm³/mol. The fourth-order valence-corrected chi connectivity index (χ4v) is 1.82. The van der Waals surface area contributed by atoms with Crippen LogP contribution in [0.2, 0.25) is 0 Å². The molecule has 0 spiro atoms. The van der Waals surface area contributed by atoms with E-state index < -0.39 is 11.9 Å². The van der Waals surface area contributed by atoms with Gasteiger partial charge in [0.2, 0.25) is 5.91 Å². The van der Waals surface area contributed by atoms with Crippen LogP contribution in [0.4, 0.5) is 0 Å². The number of esters is 1. The highest BCUT2D eigenvalue weighted by molar-refractivity contribution is 7.99. The summed E-state index contributed by atoms with van der Waals surface area (Å²) >= 11 is 1.88. The highest BCUT2D eigenvalue weighted by Crippen LogP contribution is 2.18. The second-order valence-electron chi connectivity index (χ2n) is 7.26. The Morgan fingerprint density at radius 1 is 1.17 bits per heavy atom. The summed E-state index contributed by atoms with van der Waals surface area (Å²) in [5.74, 6) is -1.36. The van der Waals surface area contributed by atoms with Crippen molar-refractivity contribution in [2.75, 3.05) is 26.0 Å². The molecular weight excluding hydrogens is 400 g/mol.